The van der Waals surface area contributed by atoms with E-state index in [1.807, 2.05) is 0 Å². The Balaban J connectivity index is 2.64. The minimum Gasteiger partial charge on any atom is -0.508 e. The van der Waals surface area contributed by atoms with Crippen molar-refractivity contribution in [3.63, 3.8) is 0 Å². The molecule has 4 N–H and O–H groups in total. The minimum absolute atomic E-state index is 0.107. The molecule has 12 heavy (non-hydrogen) atoms. The van der Waals surface area contributed by atoms with Crippen LogP contribution in [0.1, 0.15) is 0 Å². The number of hydrazine groups is 1. The van der Waals surface area contributed by atoms with Crippen LogP contribution >= 0.6 is 0 Å². The number of hydrogen-bond donors (Lipinski definition) is 3. The van der Waals surface area contributed by atoms with Gasteiger partial charge in [-0.2, -0.15) is 0 Å². The van der Waals surface area contributed by atoms with Crippen molar-refractivity contribution in [1.82, 2.24) is 5.43 Å². The molecule has 0 aromatic heterocycles. The first kappa shape index (κ1) is 8.35. The van der Waals surface area contributed by atoms with Crippen molar-refractivity contribution >= 4 is 6.09 Å². The van der Waals surface area contributed by atoms with E-state index in [4.69, 9.17) is 10.9 Å². The lowest BCUT2D eigenvalue weighted by atomic mass is 10.3. The number of benzene rings is 1. The number of nitrogens with one attached hydrogen (secondary N) is 1. The van der Waals surface area contributed by atoms with E-state index in [9.17, 15) is 4.79 Å². The van der Waals surface area contributed by atoms with Gasteiger partial charge in [0.25, 0.3) is 0 Å². The molecule has 0 aliphatic rings. The van der Waals surface area contributed by atoms with Crippen molar-refractivity contribution in [2.24, 2.45) is 5.84 Å². The highest BCUT2D eigenvalue weighted by Crippen LogP contribution is 2.15. The van der Waals surface area contributed by atoms with Gasteiger partial charge in [-0.25, -0.2) is 10.6 Å². The standard InChI is InChI=1S/C7H8N2O3/c8-9-7(11)12-6-3-1-5(10)2-4-6/h1-4,10H,8H2,(H,9,11). The van der Waals surface area contributed by atoms with Crippen LogP contribution in [0.5, 0.6) is 11.5 Å². The number of amides is 1. The predicted octanol–water partition coefficient (Wildman–Crippen LogP) is 0.354. The summed E-state index contributed by atoms with van der Waals surface area (Å²) in [4.78, 5) is 10.5. The van der Waals surface area contributed by atoms with E-state index in [0.717, 1.165) is 0 Å². The summed E-state index contributed by atoms with van der Waals surface area (Å²) in [6, 6.07) is 5.70. The maximum atomic E-state index is 10.5. The van der Waals surface area contributed by atoms with Gasteiger partial charge in [0, 0.05) is 0 Å². The highest BCUT2D eigenvalue weighted by Gasteiger charge is 1.99. The van der Waals surface area contributed by atoms with E-state index < -0.39 is 6.09 Å². The van der Waals surface area contributed by atoms with E-state index >= 15 is 0 Å². The van der Waals surface area contributed by atoms with Gasteiger partial charge in [-0.3, -0.25) is 5.43 Å². The largest absolute Gasteiger partial charge is 0.508 e. The Morgan fingerprint density at radius 2 is 2.00 bits per heavy atom. The summed E-state index contributed by atoms with van der Waals surface area (Å²) >= 11 is 0. The summed E-state index contributed by atoms with van der Waals surface area (Å²) in [7, 11) is 0. The third kappa shape index (κ3) is 2.14. The molecule has 1 aromatic carbocycles. The van der Waals surface area contributed by atoms with E-state index in [1.54, 1.807) is 5.43 Å². The molecule has 0 saturated carbocycles. The maximum Gasteiger partial charge on any atom is 0.426 e. The normalized spacial score (nSPS) is 9.08. The number of phenols is 1. The van der Waals surface area contributed by atoms with Crippen LogP contribution < -0.4 is 16.0 Å². The highest BCUT2D eigenvalue weighted by atomic mass is 16.6. The van der Waals surface area contributed by atoms with Crippen LogP contribution in [0.15, 0.2) is 24.3 Å². The predicted molar refractivity (Wildman–Crippen MR) is 41.5 cm³/mol. The van der Waals surface area contributed by atoms with Gasteiger partial charge in [-0.05, 0) is 24.3 Å². The van der Waals surface area contributed by atoms with Crippen molar-refractivity contribution in [2.75, 3.05) is 0 Å². The highest BCUT2D eigenvalue weighted by molar-refractivity contribution is 5.69. The number of aromatic hydroxyl groups is 1. The summed E-state index contributed by atoms with van der Waals surface area (Å²) in [5.41, 5.74) is 1.80. The molecule has 1 amide bonds. The van der Waals surface area contributed by atoms with Gasteiger partial charge in [0.2, 0.25) is 0 Å². The fraction of sp³-hybridized carbons (Fsp3) is 0. The molecule has 0 spiro atoms. The van der Waals surface area contributed by atoms with Crippen LogP contribution in [-0.2, 0) is 0 Å². The molecule has 0 aliphatic heterocycles. The van der Waals surface area contributed by atoms with Crippen LogP contribution in [0.25, 0.3) is 0 Å². The Kier molecular flexibility index (Phi) is 2.49. The van der Waals surface area contributed by atoms with Crippen molar-refractivity contribution in [3.8, 4) is 11.5 Å². The Bertz CT molecular complexity index is 270. The third-order valence-electron chi connectivity index (χ3n) is 1.17. The van der Waals surface area contributed by atoms with E-state index in [2.05, 4.69) is 4.74 Å². The van der Waals surface area contributed by atoms with Crippen LogP contribution in [0.4, 0.5) is 4.79 Å². The Hall–Kier alpha value is -1.75. The molecular formula is C7H8N2O3. The second-order valence-electron chi connectivity index (χ2n) is 2.03. The van der Waals surface area contributed by atoms with Gasteiger partial charge in [-0.1, -0.05) is 0 Å². The number of ether oxygens (including phenoxy) is 1. The fourth-order valence-electron chi connectivity index (χ4n) is 0.651. The van der Waals surface area contributed by atoms with Gasteiger partial charge < -0.3 is 9.84 Å². The van der Waals surface area contributed by atoms with E-state index in [-0.39, 0.29) is 5.75 Å². The third-order valence-corrected chi connectivity index (χ3v) is 1.17. The minimum atomic E-state index is -0.749. The molecule has 64 valence electrons. The Labute approximate surface area is 68.7 Å². The summed E-state index contributed by atoms with van der Waals surface area (Å²) in [6.07, 6.45) is -0.749. The quantitative estimate of drug-likeness (QED) is 0.321. The average molecular weight is 168 g/mol. The summed E-state index contributed by atoms with van der Waals surface area (Å²) in [6.45, 7) is 0. The van der Waals surface area contributed by atoms with Gasteiger partial charge in [0.15, 0.2) is 0 Å². The average Bonchev–Trinajstić information content (AvgIpc) is 2.09. The lowest BCUT2D eigenvalue weighted by Crippen LogP contribution is -2.32. The molecule has 0 atom stereocenters. The summed E-state index contributed by atoms with van der Waals surface area (Å²) < 4.78 is 4.63. The second-order valence-corrected chi connectivity index (χ2v) is 2.03. The molecule has 0 radical (unpaired) electrons. The molecule has 0 bridgehead atoms. The van der Waals surface area contributed by atoms with Crippen LogP contribution in [0.3, 0.4) is 0 Å². The first-order chi connectivity index (χ1) is 5.72. The van der Waals surface area contributed by atoms with Crippen molar-refractivity contribution in [3.05, 3.63) is 24.3 Å². The lowest BCUT2D eigenvalue weighted by Gasteiger charge is -2.01. The van der Waals surface area contributed by atoms with Gasteiger partial charge in [-0.15, -0.1) is 0 Å². The summed E-state index contributed by atoms with van der Waals surface area (Å²) in [5, 5.41) is 8.87. The molecule has 0 saturated heterocycles. The lowest BCUT2D eigenvalue weighted by molar-refractivity contribution is 0.200. The van der Waals surface area contributed by atoms with Gasteiger partial charge in [0.1, 0.15) is 11.5 Å². The van der Waals surface area contributed by atoms with Crippen LogP contribution in [0.2, 0.25) is 0 Å². The first-order valence-corrected chi connectivity index (χ1v) is 3.20. The van der Waals surface area contributed by atoms with Gasteiger partial charge in [0.05, 0.1) is 0 Å². The monoisotopic (exact) mass is 168 g/mol. The number of nitrogens with two attached hydrogens (primary N) is 1. The zero-order chi connectivity index (χ0) is 8.97. The number of hydrogen-bond acceptors (Lipinski definition) is 4. The zero-order valence-corrected chi connectivity index (χ0v) is 6.15. The second kappa shape index (κ2) is 3.59. The van der Waals surface area contributed by atoms with Crippen molar-refractivity contribution in [2.45, 2.75) is 0 Å². The van der Waals surface area contributed by atoms with Crippen LogP contribution in [0, 0.1) is 0 Å². The molecule has 1 rings (SSSR count). The Morgan fingerprint density at radius 1 is 1.42 bits per heavy atom. The molecule has 0 aliphatic carbocycles. The summed E-state index contributed by atoms with van der Waals surface area (Å²) in [5.74, 6) is 5.20. The molecule has 0 fully saturated rings. The van der Waals surface area contributed by atoms with E-state index in [1.165, 1.54) is 24.3 Å². The number of rotatable bonds is 1. The number of carbonyl (C=O) groups excluding carboxylic acids is 1. The van der Waals surface area contributed by atoms with Gasteiger partial charge >= 0.3 is 6.09 Å². The topological polar surface area (TPSA) is 84.6 Å². The number of phenolic OH excluding ortho intramolecular Hbond substituents is 1. The maximum absolute atomic E-state index is 10.5. The first-order valence-electron chi connectivity index (χ1n) is 3.20. The SMILES string of the molecule is NNC(=O)Oc1ccc(O)cc1. The molecule has 0 heterocycles. The fourth-order valence-corrected chi connectivity index (χ4v) is 0.651. The molecule has 5 heteroatoms. The smallest absolute Gasteiger partial charge is 0.426 e. The molecule has 0 unspecified atom stereocenters. The zero-order valence-electron chi connectivity index (χ0n) is 6.15. The number of carbonyl (C=O) groups is 1. The Morgan fingerprint density at radius 3 is 2.50 bits per heavy atom. The molecule has 1 aromatic rings. The van der Waals surface area contributed by atoms with Crippen LogP contribution in [-0.4, -0.2) is 11.2 Å². The molecule has 5 nitrogen and oxygen atoms in total. The van der Waals surface area contributed by atoms with E-state index in [0.29, 0.717) is 5.75 Å². The van der Waals surface area contributed by atoms with Crippen molar-refractivity contribution in [1.29, 1.82) is 0 Å². The van der Waals surface area contributed by atoms with Crippen molar-refractivity contribution < 1.29 is 14.6 Å². The molecular weight excluding hydrogens is 160 g/mol.